The lowest BCUT2D eigenvalue weighted by Gasteiger charge is -2.05. The highest BCUT2D eigenvalue weighted by Gasteiger charge is 2.10. The second kappa shape index (κ2) is 3.65. The lowest BCUT2D eigenvalue weighted by atomic mass is 10.1. The van der Waals surface area contributed by atoms with Gasteiger partial charge in [0.1, 0.15) is 0 Å². The summed E-state index contributed by atoms with van der Waals surface area (Å²) in [5.41, 5.74) is 3.42. The summed E-state index contributed by atoms with van der Waals surface area (Å²) in [4.78, 5) is 4.48. The maximum absolute atomic E-state index is 4.48. The molecule has 0 N–H and O–H groups in total. The topological polar surface area (TPSA) is 30.2 Å². The molecule has 0 radical (unpaired) electrons. The third-order valence-corrected chi connectivity index (χ3v) is 2.69. The largest absolute Gasteiger partial charge is 0.236 e. The van der Waals surface area contributed by atoms with Crippen LogP contribution in [0.2, 0.25) is 0 Å². The SMILES string of the molecule is CC(C)c1cnc2c(C(C)C)cnn2c1. The van der Waals surface area contributed by atoms with Crippen LogP contribution in [0.15, 0.2) is 18.6 Å². The van der Waals surface area contributed by atoms with Crippen molar-refractivity contribution in [2.75, 3.05) is 0 Å². The molecule has 3 nitrogen and oxygen atoms in total. The molecule has 2 heterocycles. The molecule has 15 heavy (non-hydrogen) atoms. The van der Waals surface area contributed by atoms with Gasteiger partial charge in [-0.3, -0.25) is 0 Å². The summed E-state index contributed by atoms with van der Waals surface area (Å²) >= 11 is 0. The van der Waals surface area contributed by atoms with E-state index in [-0.39, 0.29) is 0 Å². The van der Waals surface area contributed by atoms with Crippen molar-refractivity contribution in [3.05, 3.63) is 29.7 Å². The van der Waals surface area contributed by atoms with Crippen LogP contribution in [0.5, 0.6) is 0 Å². The van der Waals surface area contributed by atoms with Gasteiger partial charge in [0, 0.05) is 18.0 Å². The maximum Gasteiger partial charge on any atom is 0.158 e. The van der Waals surface area contributed by atoms with Crippen molar-refractivity contribution in [2.24, 2.45) is 0 Å². The summed E-state index contributed by atoms with van der Waals surface area (Å²) in [7, 11) is 0. The summed E-state index contributed by atoms with van der Waals surface area (Å²) in [5.74, 6) is 0.966. The molecule has 0 saturated carbocycles. The van der Waals surface area contributed by atoms with Crippen LogP contribution in [0.1, 0.15) is 50.7 Å². The van der Waals surface area contributed by atoms with E-state index in [0.717, 1.165) is 5.65 Å². The Morgan fingerprint density at radius 3 is 2.40 bits per heavy atom. The van der Waals surface area contributed by atoms with Gasteiger partial charge in [0.2, 0.25) is 0 Å². The van der Waals surface area contributed by atoms with Gasteiger partial charge in [-0.05, 0) is 17.4 Å². The first-order valence-corrected chi connectivity index (χ1v) is 5.42. The fourth-order valence-electron chi connectivity index (χ4n) is 1.61. The van der Waals surface area contributed by atoms with Crippen LogP contribution < -0.4 is 0 Å². The van der Waals surface area contributed by atoms with E-state index in [0.29, 0.717) is 11.8 Å². The zero-order valence-corrected chi connectivity index (χ0v) is 9.73. The molecule has 0 aliphatic rings. The van der Waals surface area contributed by atoms with E-state index in [1.165, 1.54) is 11.1 Å². The van der Waals surface area contributed by atoms with E-state index in [9.17, 15) is 0 Å². The zero-order chi connectivity index (χ0) is 11.0. The molecule has 2 aromatic heterocycles. The van der Waals surface area contributed by atoms with Gasteiger partial charge in [0.05, 0.1) is 6.20 Å². The van der Waals surface area contributed by atoms with Gasteiger partial charge in [-0.25, -0.2) is 9.50 Å². The Hall–Kier alpha value is -1.38. The van der Waals surface area contributed by atoms with Crippen LogP contribution in [-0.2, 0) is 0 Å². The molecule has 0 fully saturated rings. The third kappa shape index (κ3) is 1.74. The van der Waals surface area contributed by atoms with Crippen LogP contribution in [-0.4, -0.2) is 14.6 Å². The number of nitrogens with zero attached hydrogens (tertiary/aromatic N) is 3. The lowest BCUT2D eigenvalue weighted by molar-refractivity contribution is 0.819. The maximum atomic E-state index is 4.48. The van der Waals surface area contributed by atoms with Gasteiger partial charge in [-0.1, -0.05) is 27.7 Å². The van der Waals surface area contributed by atoms with Gasteiger partial charge >= 0.3 is 0 Å². The predicted molar refractivity (Wildman–Crippen MR) is 61.2 cm³/mol. The van der Waals surface area contributed by atoms with Crippen LogP contribution in [0.25, 0.3) is 5.65 Å². The Kier molecular flexibility index (Phi) is 2.47. The monoisotopic (exact) mass is 203 g/mol. The molecule has 0 aliphatic heterocycles. The molecule has 0 saturated heterocycles. The minimum atomic E-state index is 0.472. The molecule has 3 heteroatoms. The smallest absolute Gasteiger partial charge is 0.158 e. The van der Waals surface area contributed by atoms with Gasteiger partial charge in [-0.2, -0.15) is 5.10 Å². The van der Waals surface area contributed by atoms with E-state index in [1.807, 2.05) is 16.9 Å². The number of aromatic nitrogens is 3. The number of rotatable bonds is 2. The van der Waals surface area contributed by atoms with E-state index in [1.54, 1.807) is 0 Å². The van der Waals surface area contributed by atoms with Gasteiger partial charge < -0.3 is 0 Å². The molecule has 0 atom stereocenters. The molecule has 0 bridgehead atoms. The average Bonchev–Trinajstić information content (AvgIpc) is 2.59. The molecule has 80 valence electrons. The first-order valence-electron chi connectivity index (χ1n) is 5.42. The predicted octanol–water partition coefficient (Wildman–Crippen LogP) is 2.98. The van der Waals surface area contributed by atoms with Crippen LogP contribution in [0.3, 0.4) is 0 Å². The summed E-state index contributed by atoms with van der Waals surface area (Å²) in [6, 6.07) is 0. The van der Waals surface area contributed by atoms with Crippen LogP contribution in [0.4, 0.5) is 0 Å². The highest BCUT2D eigenvalue weighted by atomic mass is 15.2. The fraction of sp³-hybridized carbons (Fsp3) is 0.500. The first-order chi connectivity index (χ1) is 7.09. The van der Waals surface area contributed by atoms with Crippen molar-refractivity contribution in [2.45, 2.75) is 39.5 Å². The summed E-state index contributed by atoms with van der Waals surface area (Å²) in [5, 5.41) is 4.34. The highest BCUT2D eigenvalue weighted by Crippen LogP contribution is 2.20. The van der Waals surface area contributed by atoms with Gasteiger partial charge in [-0.15, -0.1) is 0 Å². The van der Waals surface area contributed by atoms with E-state index < -0.39 is 0 Å². The standard InChI is InChI=1S/C12H17N3/c1-8(2)10-5-13-12-11(9(3)4)6-14-15(12)7-10/h5-9H,1-4H3. The summed E-state index contributed by atoms with van der Waals surface area (Å²) in [6.45, 7) is 8.65. The van der Waals surface area contributed by atoms with E-state index >= 15 is 0 Å². The second-order valence-corrected chi connectivity index (χ2v) is 4.56. The van der Waals surface area contributed by atoms with Crippen LogP contribution in [0, 0.1) is 0 Å². The lowest BCUT2D eigenvalue weighted by Crippen LogP contribution is -1.97. The fourth-order valence-corrected chi connectivity index (χ4v) is 1.61. The normalized spacial score (nSPS) is 11.9. The van der Waals surface area contributed by atoms with Gasteiger partial charge in [0.25, 0.3) is 0 Å². The van der Waals surface area contributed by atoms with Gasteiger partial charge in [0.15, 0.2) is 5.65 Å². The average molecular weight is 203 g/mol. The number of fused-ring (bicyclic) bond motifs is 1. The quantitative estimate of drug-likeness (QED) is 0.751. The van der Waals surface area contributed by atoms with Crippen molar-refractivity contribution < 1.29 is 0 Å². The van der Waals surface area contributed by atoms with Crippen molar-refractivity contribution in [1.29, 1.82) is 0 Å². The Morgan fingerprint density at radius 1 is 1.07 bits per heavy atom. The Balaban J connectivity index is 2.57. The molecule has 0 spiro atoms. The van der Waals surface area contributed by atoms with Crippen LogP contribution >= 0.6 is 0 Å². The molecular weight excluding hydrogens is 186 g/mol. The second-order valence-electron chi connectivity index (χ2n) is 4.56. The van der Waals surface area contributed by atoms with Crippen molar-refractivity contribution in [3.63, 3.8) is 0 Å². The minimum absolute atomic E-state index is 0.472. The van der Waals surface area contributed by atoms with Crippen molar-refractivity contribution in [1.82, 2.24) is 14.6 Å². The van der Waals surface area contributed by atoms with Crippen molar-refractivity contribution >= 4 is 5.65 Å². The Morgan fingerprint density at radius 2 is 1.80 bits per heavy atom. The zero-order valence-electron chi connectivity index (χ0n) is 9.73. The van der Waals surface area contributed by atoms with E-state index in [2.05, 4.69) is 44.0 Å². The molecule has 0 aliphatic carbocycles. The molecule has 2 aromatic rings. The van der Waals surface area contributed by atoms with Crippen molar-refractivity contribution in [3.8, 4) is 0 Å². The third-order valence-electron chi connectivity index (χ3n) is 2.69. The van der Waals surface area contributed by atoms with E-state index in [4.69, 9.17) is 0 Å². The molecule has 0 aromatic carbocycles. The molecule has 0 amide bonds. The molecular formula is C12H17N3. The first kappa shape index (κ1) is 10.1. The Labute approximate surface area is 90.1 Å². The summed E-state index contributed by atoms with van der Waals surface area (Å²) < 4.78 is 1.88. The number of hydrogen-bond donors (Lipinski definition) is 0. The molecule has 2 rings (SSSR count). The summed E-state index contributed by atoms with van der Waals surface area (Å²) in [6.07, 6.45) is 5.93. The molecule has 0 unspecified atom stereocenters. The number of hydrogen-bond acceptors (Lipinski definition) is 2. The minimum Gasteiger partial charge on any atom is -0.236 e. The highest BCUT2D eigenvalue weighted by molar-refractivity contribution is 5.48. The Bertz CT molecular complexity index is 469.